The zero-order valence-corrected chi connectivity index (χ0v) is 27.9. The van der Waals surface area contributed by atoms with Crippen molar-refractivity contribution in [2.75, 3.05) is 32.1 Å². The summed E-state index contributed by atoms with van der Waals surface area (Å²) in [5, 5.41) is 29.5. The quantitative estimate of drug-likeness (QED) is 0.0833. The van der Waals surface area contributed by atoms with Gasteiger partial charge in [-0.2, -0.15) is 11.8 Å². The fourth-order valence-corrected chi connectivity index (χ4v) is 7.03. The van der Waals surface area contributed by atoms with Gasteiger partial charge in [-0.15, -0.1) is 5.10 Å². The van der Waals surface area contributed by atoms with Gasteiger partial charge in [0.1, 0.15) is 6.04 Å². The van der Waals surface area contributed by atoms with E-state index in [1.54, 1.807) is 4.68 Å². The summed E-state index contributed by atoms with van der Waals surface area (Å²) >= 11 is 1.90. The summed E-state index contributed by atoms with van der Waals surface area (Å²) < 4.78 is 7.86. The molecule has 0 saturated carbocycles. The van der Waals surface area contributed by atoms with E-state index < -0.39 is 12.0 Å². The number of aryl methyl sites for hydroxylation is 1. The molecular weight excluding hydrogens is 600 g/mol. The fraction of sp³-hybridized carbons (Fsp3) is 0.800. The van der Waals surface area contributed by atoms with E-state index in [0.717, 1.165) is 30.7 Å². The number of ether oxygens (including phenoxy) is 1. The molecule has 254 valence electrons. The second kappa shape index (κ2) is 17.1. The zero-order chi connectivity index (χ0) is 33.0. The molecule has 2 aliphatic heterocycles. The molecule has 2 fully saturated rings. The lowest BCUT2D eigenvalue weighted by Gasteiger charge is -2.29. The third-order valence-electron chi connectivity index (χ3n) is 7.93. The summed E-state index contributed by atoms with van der Waals surface area (Å²) in [5.74, 6) is -0.413. The topological polar surface area (TPSA) is 203 Å². The summed E-state index contributed by atoms with van der Waals surface area (Å²) in [4.78, 5) is 47.3. The molecule has 2 aliphatic rings. The van der Waals surface area contributed by atoms with Crippen LogP contribution in [0.2, 0.25) is 0 Å². The number of hydrogen-bond acceptors (Lipinski definition) is 9. The molecule has 0 radical (unpaired) electrons. The van der Waals surface area contributed by atoms with Gasteiger partial charge in [-0.3, -0.25) is 14.3 Å². The molecule has 3 heterocycles. The van der Waals surface area contributed by atoms with Crippen molar-refractivity contribution in [1.29, 1.82) is 0 Å². The first-order valence-electron chi connectivity index (χ1n) is 15.9. The van der Waals surface area contributed by atoms with Crippen LogP contribution < -0.4 is 27.0 Å². The van der Waals surface area contributed by atoms with Crippen LogP contribution in [0.1, 0.15) is 78.3 Å². The van der Waals surface area contributed by atoms with Crippen LogP contribution in [0.25, 0.3) is 0 Å². The molecule has 14 nitrogen and oxygen atoms in total. The molecule has 45 heavy (non-hydrogen) atoms. The van der Waals surface area contributed by atoms with Gasteiger partial charge in [0, 0.05) is 54.0 Å². The number of carbonyl (C=O) groups is 4. The maximum atomic E-state index is 12.5. The van der Waals surface area contributed by atoms with Gasteiger partial charge in [0.25, 0.3) is 0 Å². The van der Waals surface area contributed by atoms with Crippen LogP contribution in [0.3, 0.4) is 0 Å². The number of carboxylic acid groups (broad SMARTS) is 1. The first kappa shape index (κ1) is 36.6. The minimum Gasteiger partial charge on any atom is -0.480 e. The van der Waals surface area contributed by atoms with Crippen molar-refractivity contribution in [1.82, 2.24) is 36.3 Å². The number of urea groups is 1. The van der Waals surface area contributed by atoms with Crippen molar-refractivity contribution >= 4 is 35.6 Å². The number of carboxylic acids is 1. The summed E-state index contributed by atoms with van der Waals surface area (Å²) in [5.41, 5.74) is 5.74. The molecule has 0 spiro atoms. The van der Waals surface area contributed by atoms with E-state index in [1.165, 1.54) is 0 Å². The second-order valence-electron chi connectivity index (χ2n) is 13.8. The monoisotopic (exact) mass is 652 g/mol. The maximum absolute atomic E-state index is 12.5. The summed E-state index contributed by atoms with van der Waals surface area (Å²) in [6.07, 6.45) is 6.60. The number of aromatic nitrogens is 3. The highest BCUT2D eigenvalue weighted by atomic mass is 32.2. The first-order valence-corrected chi connectivity index (χ1v) is 17.0. The number of thioether (sulfide) groups is 1. The Balaban J connectivity index is 1.27. The van der Waals surface area contributed by atoms with Crippen LogP contribution in [-0.2, 0) is 32.1 Å². The molecule has 0 aliphatic carbocycles. The van der Waals surface area contributed by atoms with E-state index in [2.05, 4.69) is 59.3 Å². The largest absolute Gasteiger partial charge is 0.480 e. The highest BCUT2D eigenvalue weighted by Gasteiger charge is 2.42. The van der Waals surface area contributed by atoms with Crippen molar-refractivity contribution in [3.05, 3.63) is 11.9 Å². The van der Waals surface area contributed by atoms with Crippen molar-refractivity contribution in [3.63, 3.8) is 0 Å². The number of hydrogen-bond donors (Lipinski definition) is 6. The van der Waals surface area contributed by atoms with Crippen LogP contribution in [0, 0.1) is 10.8 Å². The van der Waals surface area contributed by atoms with Gasteiger partial charge < -0.3 is 36.8 Å². The van der Waals surface area contributed by atoms with Crippen LogP contribution in [0.5, 0.6) is 0 Å². The van der Waals surface area contributed by atoms with E-state index in [4.69, 9.17) is 15.6 Å². The third-order valence-corrected chi connectivity index (χ3v) is 9.44. The highest BCUT2D eigenvalue weighted by molar-refractivity contribution is 8.00. The Bertz CT molecular complexity index is 1150. The van der Waals surface area contributed by atoms with Gasteiger partial charge in [-0.05, 0) is 38.6 Å². The molecule has 0 aromatic carbocycles. The van der Waals surface area contributed by atoms with Gasteiger partial charge in [0.2, 0.25) is 11.8 Å². The molecule has 0 unspecified atom stereocenters. The van der Waals surface area contributed by atoms with Crippen LogP contribution in [-0.4, -0.2) is 99.3 Å². The zero-order valence-electron chi connectivity index (χ0n) is 27.1. The number of nitrogens with zero attached hydrogens (tertiary/aromatic N) is 3. The van der Waals surface area contributed by atoms with Gasteiger partial charge in [-0.25, -0.2) is 9.59 Å². The van der Waals surface area contributed by atoms with Gasteiger partial charge in [0.15, 0.2) is 0 Å². The Morgan fingerprint density at radius 2 is 1.87 bits per heavy atom. The van der Waals surface area contributed by atoms with Gasteiger partial charge in [0.05, 0.1) is 31.0 Å². The number of carbonyl (C=O) groups excluding carboxylic acids is 3. The average molecular weight is 653 g/mol. The predicted octanol–water partition coefficient (Wildman–Crippen LogP) is 1.43. The van der Waals surface area contributed by atoms with Crippen LogP contribution in [0.4, 0.5) is 4.79 Å². The number of amides is 4. The number of aliphatic carboxylic acids is 1. The summed E-state index contributed by atoms with van der Waals surface area (Å²) in [6.45, 7) is 10.6. The van der Waals surface area contributed by atoms with Crippen molar-refractivity contribution in [3.8, 4) is 0 Å². The number of unbranched alkanes of at least 4 members (excludes halogenated alkanes) is 1. The van der Waals surface area contributed by atoms with E-state index in [9.17, 15) is 19.2 Å². The lowest BCUT2D eigenvalue weighted by molar-refractivity contribution is -0.142. The Morgan fingerprint density at radius 3 is 2.60 bits per heavy atom. The average Bonchev–Trinajstić information content (AvgIpc) is 3.65. The Morgan fingerprint density at radius 1 is 1.13 bits per heavy atom. The molecule has 15 heteroatoms. The number of nitrogens with two attached hydrogens (primary N) is 1. The lowest BCUT2D eigenvalue weighted by Crippen LogP contribution is -2.42. The minimum atomic E-state index is -1.09. The molecule has 2 saturated heterocycles. The number of rotatable bonds is 21. The highest BCUT2D eigenvalue weighted by Crippen LogP contribution is 2.33. The maximum Gasteiger partial charge on any atom is 0.326 e. The number of fused-ring (bicyclic) bond motifs is 1. The van der Waals surface area contributed by atoms with Gasteiger partial charge in [-0.1, -0.05) is 39.3 Å². The Kier molecular flexibility index (Phi) is 13.9. The molecule has 0 bridgehead atoms. The molecule has 3 rings (SSSR count). The predicted molar refractivity (Wildman–Crippen MR) is 172 cm³/mol. The third kappa shape index (κ3) is 12.8. The smallest absolute Gasteiger partial charge is 0.326 e. The van der Waals surface area contributed by atoms with Crippen molar-refractivity contribution < 1.29 is 29.0 Å². The Labute approximate surface area is 270 Å². The van der Waals surface area contributed by atoms with E-state index >= 15 is 0 Å². The molecule has 7 N–H and O–H groups in total. The van der Waals surface area contributed by atoms with Crippen molar-refractivity contribution in [2.24, 2.45) is 16.6 Å². The molecule has 4 amide bonds. The normalized spacial score (nSPS) is 20.3. The minimum absolute atomic E-state index is 0.0508. The first-order chi connectivity index (χ1) is 21.3. The molecule has 4 atom stereocenters. The fourth-order valence-electron chi connectivity index (χ4n) is 5.49. The van der Waals surface area contributed by atoms with E-state index in [-0.39, 0.29) is 60.1 Å². The Hall–Kier alpha value is -2.91. The summed E-state index contributed by atoms with van der Waals surface area (Å²) in [7, 11) is 0. The SMILES string of the molecule is CC(C)(CNC(=O)CCCC[C@@H]1SC[C@@H]2NC(=O)N[C@@H]21)COCC(C)(C)Cn1cc(CCCC(=O)N[C@@H](CCN)C(=O)O)nn1. The van der Waals surface area contributed by atoms with Crippen LogP contribution in [0.15, 0.2) is 6.20 Å². The van der Waals surface area contributed by atoms with E-state index in [1.807, 2.05) is 18.0 Å². The second-order valence-corrected chi connectivity index (χ2v) is 15.0. The standard InChI is InChI=1S/C30H52N8O6S/c1-29(2,16-32-24(39)10-6-5-9-23-26-22(15-45-23)34-28(43)35-26)18-44-19-30(3,4)17-38-14-20(36-37-38)8-7-11-25(40)33-21(12-13-31)27(41)42/h14,21-23,26H,5-13,15-19,31H2,1-4H3,(H,32,39)(H,33,40)(H,41,42)(H2,34,35,43)/t21-,22-,23-,26-/m0/s1. The lowest BCUT2D eigenvalue weighted by atomic mass is 9.93. The summed E-state index contributed by atoms with van der Waals surface area (Å²) in [6, 6.07) is -0.599. The molecular formula is C30H52N8O6S. The molecule has 1 aromatic heterocycles. The van der Waals surface area contributed by atoms with Crippen LogP contribution >= 0.6 is 11.8 Å². The molecule has 1 aromatic rings. The van der Waals surface area contributed by atoms with Gasteiger partial charge >= 0.3 is 12.0 Å². The van der Waals surface area contributed by atoms with E-state index in [0.29, 0.717) is 50.8 Å². The number of nitrogens with one attached hydrogen (secondary N) is 4. The van der Waals surface area contributed by atoms with Crippen molar-refractivity contribution in [2.45, 2.75) is 109 Å².